The summed E-state index contributed by atoms with van der Waals surface area (Å²) >= 11 is 0. The molecule has 0 aliphatic carbocycles. The van der Waals surface area contributed by atoms with Gasteiger partial charge in [-0.05, 0) is 0 Å². The van der Waals surface area contributed by atoms with Crippen LogP contribution in [0.25, 0.3) is 0 Å². The molecule has 0 saturated heterocycles. The first kappa shape index (κ1) is 22.0. The van der Waals surface area contributed by atoms with Crippen LogP contribution in [0.1, 0.15) is 12.8 Å². The summed E-state index contributed by atoms with van der Waals surface area (Å²) in [6.45, 7) is -1.39. The Kier molecular flexibility index (Phi) is 6.94. The summed E-state index contributed by atoms with van der Waals surface area (Å²) in [7, 11) is -0.957. The molecule has 0 rings (SSSR count). The maximum Gasteiger partial charge on any atom is 0.470 e. The third kappa shape index (κ3) is 6.18. The van der Waals surface area contributed by atoms with Gasteiger partial charge in [0.2, 0.25) is 0 Å². The van der Waals surface area contributed by atoms with E-state index in [1.54, 1.807) is 21.1 Å². The van der Waals surface area contributed by atoms with E-state index < -0.39 is 46.9 Å². The van der Waals surface area contributed by atoms with Gasteiger partial charge >= 0.3 is 11.4 Å². The highest BCUT2D eigenvalue weighted by Crippen LogP contribution is 2.41. The van der Waals surface area contributed by atoms with Crippen LogP contribution in [0.4, 0.5) is 22.0 Å². The second kappa shape index (κ2) is 7.26. The summed E-state index contributed by atoms with van der Waals surface area (Å²) in [6.07, 6.45) is -7.31. The molecular weight excluding hydrogens is 351 g/mol. The van der Waals surface area contributed by atoms with Crippen LogP contribution in [0.2, 0.25) is 0 Å². The molecule has 138 valence electrons. The first-order valence-electron chi connectivity index (χ1n) is 6.47. The summed E-state index contributed by atoms with van der Waals surface area (Å²) in [6, 6.07) is 0. The van der Waals surface area contributed by atoms with E-state index in [0.29, 0.717) is 4.48 Å². The highest BCUT2D eigenvalue weighted by atomic mass is 32.2. The van der Waals surface area contributed by atoms with Crippen molar-refractivity contribution in [1.29, 1.82) is 0 Å². The number of quaternary nitrogens is 1. The van der Waals surface area contributed by atoms with E-state index in [0.717, 1.165) is 0 Å². The minimum Gasteiger partial charge on any atom is -0.550 e. The van der Waals surface area contributed by atoms with Crippen LogP contribution in [-0.2, 0) is 14.8 Å². The van der Waals surface area contributed by atoms with E-state index in [9.17, 15) is 40.3 Å². The van der Waals surface area contributed by atoms with Crippen LogP contribution in [0, 0.1) is 0 Å². The van der Waals surface area contributed by atoms with E-state index in [4.69, 9.17) is 0 Å². The number of nitrogens with zero attached hydrogens (tertiary/aromatic N) is 2. The molecule has 0 radical (unpaired) electrons. The van der Waals surface area contributed by atoms with Crippen molar-refractivity contribution < 1.29 is 44.8 Å². The number of aliphatic carboxylic acids is 1. The number of carboxylic acids is 1. The normalized spacial score (nSPS) is 14.3. The highest BCUT2D eigenvalue weighted by Gasteiger charge is 2.68. The third-order valence-corrected chi connectivity index (χ3v) is 4.72. The molecule has 6 nitrogen and oxygen atoms in total. The van der Waals surface area contributed by atoms with Gasteiger partial charge in [-0.3, -0.25) is 0 Å². The molecule has 12 heteroatoms. The summed E-state index contributed by atoms with van der Waals surface area (Å²) in [4.78, 5) is 10.4. The lowest BCUT2D eigenvalue weighted by atomic mass is 10.3. The number of carbonyl (C=O) groups is 1. The largest absolute Gasteiger partial charge is 0.550 e. The van der Waals surface area contributed by atoms with E-state index in [-0.39, 0.29) is 17.3 Å². The van der Waals surface area contributed by atoms with Crippen LogP contribution in [0.15, 0.2) is 0 Å². The van der Waals surface area contributed by atoms with Gasteiger partial charge in [-0.1, -0.05) is 0 Å². The standard InChI is InChI=1S/C11H19F5N2O4S/c1-18(2,3)8-4-6-17(7-5-9(19)20)23(21,22)11(15,16)10(12,13)14/h4-8H2,1-3H3. The average molecular weight is 370 g/mol. The Bertz CT molecular complexity index is 513. The molecule has 0 unspecified atom stereocenters. The van der Waals surface area contributed by atoms with E-state index in [1.165, 1.54) is 0 Å². The zero-order valence-electron chi connectivity index (χ0n) is 12.9. The van der Waals surface area contributed by atoms with Gasteiger partial charge in [-0.25, -0.2) is 8.42 Å². The van der Waals surface area contributed by atoms with E-state index in [2.05, 4.69) is 0 Å². The van der Waals surface area contributed by atoms with Crippen molar-refractivity contribution in [3.05, 3.63) is 0 Å². The van der Waals surface area contributed by atoms with Crippen molar-refractivity contribution in [1.82, 2.24) is 4.31 Å². The number of halogens is 5. The molecule has 0 atom stereocenters. The Balaban J connectivity index is 5.36. The highest BCUT2D eigenvalue weighted by molar-refractivity contribution is 7.90. The van der Waals surface area contributed by atoms with Crippen LogP contribution in [0.5, 0.6) is 0 Å². The summed E-state index contributed by atoms with van der Waals surface area (Å²) in [5, 5.41) is 4.37. The van der Waals surface area contributed by atoms with Gasteiger partial charge in [0.1, 0.15) is 0 Å². The van der Waals surface area contributed by atoms with Crippen molar-refractivity contribution in [2.24, 2.45) is 0 Å². The lowest BCUT2D eigenvalue weighted by Gasteiger charge is -2.30. The number of hydrogen-bond acceptors (Lipinski definition) is 4. The van der Waals surface area contributed by atoms with Crippen LogP contribution in [0.3, 0.4) is 0 Å². The van der Waals surface area contributed by atoms with Gasteiger partial charge < -0.3 is 14.4 Å². The maximum atomic E-state index is 13.2. The number of alkyl halides is 5. The number of sulfonamides is 1. The molecule has 0 aliphatic rings. The van der Waals surface area contributed by atoms with Gasteiger partial charge in [0, 0.05) is 31.9 Å². The van der Waals surface area contributed by atoms with Crippen LogP contribution >= 0.6 is 0 Å². The average Bonchev–Trinajstić information content (AvgIpc) is 2.29. The Morgan fingerprint density at radius 1 is 1.09 bits per heavy atom. The second-order valence-corrected chi connectivity index (χ2v) is 7.89. The lowest BCUT2D eigenvalue weighted by Crippen LogP contribution is -2.52. The van der Waals surface area contributed by atoms with Gasteiger partial charge in [0.05, 0.1) is 27.7 Å². The molecule has 0 spiro atoms. The van der Waals surface area contributed by atoms with Crippen LogP contribution < -0.4 is 5.11 Å². The first-order chi connectivity index (χ1) is 10.0. The van der Waals surface area contributed by atoms with Gasteiger partial charge in [0.15, 0.2) is 0 Å². The monoisotopic (exact) mass is 370 g/mol. The van der Waals surface area contributed by atoms with Crippen LogP contribution in [-0.4, -0.2) is 75.4 Å². The predicted octanol–water partition coefficient (Wildman–Crippen LogP) is 0.00960. The number of carbonyl (C=O) groups excluding carboxylic acids is 1. The van der Waals surface area contributed by atoms with Crippen molar-refractivity contribution in [3.63, 3.8) is 0 Å². The number of rotatable bonds is 9. The summed E-state index contributed by atoms with van der Waals surface area (Å²) in [5.41, 5.74) is 0. The van der Waals surface area contributed by atoms with Crippen molar-refractivity contribution in [2.75, 3.05) is 40.8 Å². The Labute approximate surface area is 131 Å². The molecule has 0 aromatic heterocycles. The molecule has 0 bridgehead atoms. The van der Waals surface area contributed by atoms with E-state index in [1.807, 2.05) is 0 Å². The maximum absolute atomic E-state index is 13.2. The minimum absolute atomic E-state index is 0.0241. The number of carboxylic acid groups (broad SMARTS) is 1. The van der Waals surface area contributed by atoms with Crippen molar-refractivity contribution in [3.8, 4) is 0 Å². The van der Waals surface area contributed by atoms with Gasteiger partial charge in [-0.15, -0.1) is 0 Å². The van der Waals surface area contributed by atoms with Gasteiger partial charge in [0.25, 0.3) is 10.0 Å². The van der Waals surface area contributed by atoms with E-state index >= 15 is 0 Å². The molecule has 0 saturated carbocycles. The quantitative estimate of drug-likeness (QED) is 0.423. The van der Waals surface area contributed by atoms with Crippen molar-refractivity contribution in [2.45, 2.75) is 24.3 Å². The number of hydrogen-bond donors (Lipinski definition) is 0. The summed E-state index contributed by atoms with van der Waals surface area (Å²) < 4.78 is 86.8. The Morgan fingerprint density at radius 3 is 1.91 bits per heavy atom. The summed E-state index contributed by atoms with van der Waals surface area (Å²) in [5.74, 6) is -1.76. The molecule has 0 aromatic rings. The molecule has 23 heavy (non-hydrogen) atoms. The van der Waals surface area contributed by atoms with Gasteiger partial charge in [-0.2, -0.15) is 26.3 Å². The molecule has 0 N–H and O–H groups in total. The molecule has 0 aliphatic heterocycles. The zero-order chi connectivity index (χ0) is 18.7. The Morgan fingerprint density at radius 2 is 1.57 bits per heavy atom. The zero-order valence-corrected chi connectivity index (χ0v) is 13.7. The SMILES string of the molecule is C[N+](C)(C)CCCN(CCC(=O)[O-])S(=O)(=O)C(F)(F)C(F)(F)F. The minimum atomic E-state index is -6.30. The molecule has 0 aromatic carbocycles. The molecule has 0 amide bonds. The Hall–Kier alpha value is -1.01. The smallest absolute Gasteiger partial charge is 0.470 e. The van der Waals surface area contributed by atoms with Crippen molar-refractivity contribution >= 4 is 16.0 Å². The topological polar surface area (TPSA) is 77.5 Å². The molecule has 0 heterocycles. The molecule has 0 fully saturated rings. The molecular formula is C11H19F5N2O4S. The fraction of sp³-hybridized carbons (Fsp3) is 0.909. The predicted molar refractivity (Wildman–Crippen MR) is 68.6 cm³/mol. The lowest BCUT2D eigenvalue weighted by molar-refractivity contribution is -0.870. The second-order valence-electron chi connectivity index (χ2n) is 5.91. The first-order valence-corrected chi connectivity index (χ1v) is 7.91. The fourth-order valence-corrected chi connectivity index (χ4v) is 2.92. The third-order valence-electron chi connectivity index (χ3n) is 2.80. The fourth-order valence-electron chi connectivity index (χ4n) is 1.60.